The van der Waals surface area contributed by atoms with E-state index in [4.69, 9.17) is 0 Å². The van der Waals surface area contributed by atoms with Crippen molar-refractivity contribution in [1.29, 1.82) is 0 Å². The number of hydrogen-bond donors (Lipinski definition) is 1. The second-order valence-corrected chi connectivity index (χ2v) is 4.70. The highest BCUT2D eigenvalue weighted by Crippen LogP contribution is 2.51. The number of nitro groups is 1. The van der Waals surface area contributed by atoms with Crippen LogP contribution >= 0.6 is 0 Å². The minimum Gasteiger partial charge on any atom is -0.480 e. The Bertz CT molecular complexity index is 533. The van der Waals surface area contributed by atoms with Crippen LogP contribution in [0, 0.1) is 22.0 Å². The molecule has 0 aromatic carbocycles. The lowest BCUT2D eigenvalue weighted by molar-refractivity contribution is -0.384. The summed E-state index contributed by atoms with van der Waals surface area (Å²) in [5, 5.41) is 20.2. The first-order valence-corrected chi connectivity index (χ1v) is 5.68. The zero-order chi connectivity index (χ0) is 12.9. The highest BCUT2D eigenvalue weighted by Gasteiger charge is 2.57. The normalized spacial score (nSPS) is 28.9. The second-order valence-electron chi connectivity index (χ2n) is 4.70. The summed E-state index contributed by atoms with van der Waals surface area (Å²) in [5.41, 5.74) is -0.134. The molecule has 0 spiro atoms. The summed E-state index contributed by atoms with van der Waals surface area (Å²) < 4.78 is 0. The Kier molecular flexibility index (Phi) is 2.22. The molecule has 2 aliphatic rings. The van der Waals surface area contributed by atoms with Gasteiger partial charge in [-0.15, -0.1) is 0 Å². The number of hydrogen-bond acceptors (Lipinski definition) is 5. The fourth-order valence-corrected chi connectivity index (χ4v) is 2.75. The molecule has 2 heterocycles. The zero-order valence-corrected chi connectivity index (χ0v) is 9.39. The Morgan fingerprint density at radius 3 is 3.06 bits per heavy atom. The van der Waals surface area contributed by atoms with Gasteiger partial charge < -0.3 is 10.0 Å². The van der Waals surface area contributed by atoms with Crippen molar-refractivity contribution < 1.29 is 14.8 Å². The summed E-state index contributed by atoms with van der Waals surface area (Å²) in [6.45, 7) is 0.541. The van der Waals surface area contributed by atoms with E-state index in [-0.39, 0.29) is 17.4 Å². The lowest BCUT2D eigenvalue weighted by Crippen LogP contribution is -2.40. The predicted molar refractivity (Wildman–Crippen MR) is 61.3 cm³/mol. The summed E-state index contributed by atoms with van der Waals surface area (Å²) in [5.74, 6) is -0.307. The molecule has 1 saturated heterocycles. The van der Waals surface area contributed by atoms with Gasteiger partial charge in [-0.2, -0.15) is 0 Å². The molecule has 1 aromatic rings. The molecule has 1 aliphatic carbocycles. The molecule has 1 aliphatic heterocycles. The molecule has 3 atom stereocenters. The molecule has 0 unspecified atom stereocenters. The van der Waals surface area contributed by atoms with E-state index in [1.165, 1.54) is 18.3 Å². The van der Waals surface area contributed by atoms with E-state index in [0.29, 0.717) is 12.5 Å². The van der Waals surface area contributed by atoms with Crippen LogP contribution in [0.4, 0.5) is 11.5 Å². The standard InChI is InChI=1S/C11H11N3O4/c15-11(16)9-7-4-6(7)5-13(9)10-8(14(17)18)2-1-3-12-10/h1-3,6-7,9H,4-5H2,(H,15,16)/t6-,7+,9-/m0/s1. The van der Waals surface area contributed by atoms with Crippen LogP contribution in [0.25, 0.3) is 0 Å². The summed E-state index contributed by atoms with van der Waals surface area (Å²) in [6.07, 6.45) is 2.35. The number of carboxylic acids is 1. The second kappa shape index (κ2) is 3.66. The predicted octanol–water partition coefficient (Wildman–Crippen LogP) is 0.899. The highest BCUT2D eigenvalue weighted by molar-refractivity contribution is 5.81. The van der Waals surface area contributed by atoms with Crippen molar-refractivity contribution in [3.05, 3.63) is 28.4 Å². The number of anilines is 1. The third-order valence-electron chi connectivity index (χ3n) is 3.64. The fourth-order valence-electron chi connectivity index (χ4n) is 2.75. The summed E-state index contributed by atoms with van der Waals surface area (Å²) >= 11 is 0. The molecule has 7 nitrogen and oxygen atoms in total. The Hall–Kier alpha value is -2.18. The van der Waals surface area contributed by atoms with Gasteiger partial charge in [-0.25, -0.2) is 9.78 Å². The first-order valence-electron chi connectivity index (χ1n) is 5.68. The molecule has 1 aromatic heterocycles. The van der Waals surface area contributed by atoms with Crippen molar-refractivity contribution in [2.24, 2.45) is 11.8 Å². The van der Waals surface area contributed by atoms with Gasteiger partial charge in [0.15, 0.2) is 0 Å². The maximum Gasteiger partial charge on any atom is 0.326 e. The van der Waals surface area contributed by atoms with Crippen LogP contribution in [0.2, 0.25) is 0 Å². The van der Waals surface area contributed by atoms with Crippen molar-refractivity contribution in [3.63, 3.8) is 0 Å². The molecule has 94 valence electrons. The van der Waals surface area contributed by atoms with E-state index in [0.717, 1.165) is 6.42 Å². The van der Waals surface area contributed by atoms with Crippen molar-refractivity contribution in [3.8, 4) is 0 Å². The molecule has 7 heteroatoms. The van der Waals surface area contributed by atoms with E-state index in [2.05, 4.69) is 4.98 Å². The maximum absolute atomic E-state index is 11.3. The van der Waals surface area contributed by atoms with Gasteiger partial charge >= 0.3 is 11.7 Å². The van der Waals surface area contributed by atoms with Crippen LogP contribution in [-0.4, -0.2) is 33.6 Å². The van der Waals surface area contributed by atoms with Gasteiger partial charge in [0.1, 0.15) is 6.04 Å². The van der Waals surface area contributed by atoms with Crippen molar-refractivity contribution >= 4 is 17.5 Å². The van der Waals surface area contributed by atoms with E-state index in [9.17, 15) is 20.0 Å². The number of carboxylic acid groups (broad SMARTS) is 1. The van der Waals surface area contributed by atoms with E-state index >= 15 is 0 Å². The van der Waals surface area contributed by atoms with Gasteiger partial charge in [0.25, 0.3) is 0 Å². The Morgan fingerprint density at radius 1 is 1.61 bits per heavy atom. The number of nitrogens with zero attached hydrogens (tertiary/aromatic N) is 3. The topological polar surface area (TPSA) is 96.6 Å². The Balaban J connectivity index is 2.00. The molecule has 0 radical (unpaired) electrons. The van der Waals surface area contributed by atoms with Gasteiger partial charge in [0, 0.05) is 18.8 Å². The number of pyridine rings is 1. The van der Waals surface area contributed by atoms with Gasteiger partial charge in [0.05, 0.1) is 4.92 Å². The average molecular weight is 249 g/mol. The van der Waals surface area contributed by atoms with Crippen LogP contribution in [0.1, 0.15) is 6.42 Å². The molecule has 0 bridgehead atoms. The van der Waals surface area contributed by atoms with Crippen LogP contribution in [-0.2, 0) is 4.79 Å². The van der Waals surface area contributed by atoms with Crippen LogP contribution in [0.3, 0.4) is 0 Å². The lowest BCUT2D eigenvalue weighted by atomic mass is 10.2. The smallest absolute Gasteiger partial charge is 0.326 e. The number of aromatic nitrogens is 1. The van der Waals surface area contributed by atoms with E-state index < -0.39 is 16.9 Å². The average Bonchev–Trinajstić information content (AvgIpc) is 2.99. The molecule has 1 saturated carbocycles. The number of rotatable bonds is 3. The van der Waals surface area contributed by atoms with Gasteiger partial charge in [-0.3, -0.25) is 10.1 Å². The van der Waals surface area contributed by atoms with E-state index in [1.54, 1.807) is 4.90 Å². The fraction of sp³-hybridized carbons (Fsp3) is 0.455. The number of aliphatic carboxylic acids is 1. The Labute approximate surface area is 102 Å². The molecule has 18 heavy (non-hydrogen) atoms. The summed E-state index contributed by atoms with van der Waals surface area (Å²) in [6, 6.07) is 2.16. The minimum absolute atomic E-state index is 0.115. The largest absolute Gasteiger partial charge is 0.480 e. The number of fused-ring (bicyclic) bond motifs is 1. The number of carbonyl (C=O) groups is 1. The lowest BCUT2D eigenvalue weighted by Gasteiger charge is -2.24. The Morgan fingerprint density at radius 2 is 2.39 bits per heavy atom. The minimum atomic E-state index is -0.931. The third kappa shape index (κ3) is 1.51. The van der Waals surface area contributed by atoms with Gasteiger partial charge in [0.2, 0.25) is 5.82 Å². The van der Waals surface area contributed by atoms with Crippen LogP contribution < -0.4 is 4.90 Å². The summed E-state index contributed by atoms with van der Waals surface area (Å²) in [7, 11) is 0. The highest BCUT2D eigenvalue weighted by atomic mass is 16.6. The molecule has 1 N–H and O–H groups in total. The van der Waals surface area contributed by atoms with Crippen molar-refractivity contribution in [2.75, 3.05) is 11.4 Å². The van der Waals surface area contributed by atoms with Gasteiger partial charge in [-0.05, 0) is 24.3 Å². The molecule has 2 fully saturated rings. The molecule has 3 rings (SSSR count). The quantitative estimate of drug-likeness (QED) is 0.631. The van der Waals surface area contributed by atoms with Crippen molar-refractivity contribution in [2.45, 2.75) is 12.5 Å². The van der Waals surface area contributed by atoms with Crippen molar-refractivity contribution in [1.82, 2.24) is 4.98 Å². The third-order valence-corrected chi connectivity index (χ3v) is 3.64. The van der Waals surface area contributed by atoms with Crippen LogP contribution in [0.15, 0.2) is 18.3 Å². The molecular formula is C11H11N3O4. The van der Waals surface area contributed by atoms with Crippen LogP contribution in [0.5, 0.6) is 0 Å². The first-order chi connectivity index (χ1) is 8.59. The SMILES string of the molecule is O=C(O)[C@@H]1[C@@H]2C[C@H]2CN1c1ncccc1[N+](=O)[O-]. The monoisotopic (exact) mass is 249 g/mol. The number of piperidine rings is 1. The first kappa shape index (κ1) is 10.9. The molecule has 0 amide bonds. The summed E-state index contributed by atoms with van der Waals surface area (Å²) in [4.78, 5) is 27.2. The maximum atomic E-state index is 11.3. The molecular weight excluding hydrogens is 238 g/mol. The van der Waals surface area contributed by atoms with E-state index in [1.807, 2.05) is 0 Å². The zero-order valence-electron chi connectivity index (χ0n) is 9.39. The van der Waals surface area contributed by atoms with Gasteiger partial charge in [-0.1, -0.05) is 0 Å².